The van der Waals surface area contributed by atoms with Crippen LogP contribution in [-0.2, 0) is 16.1 Å². The van der Waals surface area contributed by atoms with Crippen LogP contribution in [0.1, 0.15) is 18.9 Å². The molecule has 17 heavy (non-hydrogen) atoms. The molecular formula is C12H11Br2NO2. The molecule has 1 fully saturated rings. The highest BCUT2D eigenvalue weighted by atomic mass is 79.9. The summed E-state index contributed by atoms with van der Waals surface area (Å²) in [4.78, 5) is 24.8. The van der Waals surface area contributed by atoms with E-state index >= 15 is 0 Å². The van der Waals surface area contributed by atoms with Crippen LogP contribution in [0, 0.1) is 5.92 Å². The molecule has 2 amide bonds. The zero-order valence-electron chi connectivity index (χ0n) is 9.24. The summed E-state index contributed by atoms with van der Waals surface area (Å²) in [6, 6.07) is 5.70. The van der Waals surface area contributed by atoms with Gasteiger partial charge in [0.1, 0.15) is 0 Å². The fourth-order valence-electron chi connectivity index (χ4n) is 1.86. The van der Waals surface area contributed by atoms with Gasteiger partial charge in [-0.3, -0.25) is 14.5 Å². The maximum Gasteiger partial charge on any atom is 0.232 e. The summed E-state index contributed by atoms with van der Waals surface area (Å²) in [6.07, 6.45) is 0.324. The van der Waals surface area contributed by atoms with Crippen molar-refractivity contribution in [3.8, 4) is 0 Å². The minimum atomic E-state index is -0.187. The summed E-state index contributed by atoms with van der Waals surface area (Å²) >= 11 is 6.85. The number of amides is 2. The van der Waals surface area contributed by atoms with E-state index in [2.05, 4.69) is 31.9 Å². The van der Waals surface area contributed by atoms with Crippen LogP contribution in [0.3, 0.4) is 0 Å². The molecule has 0 aromatic heterocycles. The zero-order chi connectivity index (χ0) is 12.6. The number of nitrogens with zero attached hydrogens (tertiary/aromatic N) is 1. The van der Waals surface area contributed by atoms with Gasteiger partial charge in [0.25, 0.3) is 0 Å². The zero-order valence-corrected chi connectivity index (χ0v) is 12.4. The number of carbonyl (C=O) groups is 2. The molecule has 1 aromatic rings. The van der Waals surface area contributed by atoms with Crippen LogP contribution in [0.15, 0.2) is 27.1 Å². The van der Waals surface area contributed by atoms with Gasteiger partial charge in [-0.25, -0.2) is 0 Å². The molecular weight excluding hydrogens is 350 g/mol. The van der Waals surface area contributed by atoms with Gasteiger partial charge in [0.15, 0.2) is 0 Å². The van der Waals surface area contributed by atoms with Crippen LogP contribution >= 0.6 is 31.9 Å². The molecule has 1 heterocycles. The number of hydrogen-bond donors (Lipinski definition) is 0. The lowest BCUT2D eigenvalue weighted by Gasteiger charge is -2.15. The molecule has 1 aliphatic heterocycles. The Morgan fingerprint density at radius 3 is 2.65 bits per heavy atom. The Bertz CT molecular complexity index is 487. The second-order valence-corrected chi connectivity index (χ2v) is 5.78. The van der Waals surface area contributed by atoms with E-state index in [9.17, 15) is 9.59 Å². The lowest BCUT2D eigenvalue weighted by Crippen LogP contribution is -2.29. The highest BCUT2D eigenvalue weighted by Crippen LogP contribution is 2.29. The van der Waals surface area contributed by atoms with E-state index in [-0.39, 0.29) is 17.7 Å². The second kappa shape index (κ2) is 4.90. The van der Waals surface area contributed by atoms with Gasteiger partial charge in [-0.15, -0.1) is 0 Å². The predicted molar refractivity (Wildman–Crippen MR) is 71.2 cm³/mol. The molecule has 1 unspecified atom stereocenters. The van der Waals surface area contributed by atoms with Crippen molar-refractivity contribution < 1.29 is 9.59 Å². The van der Waals surface area contributed by atoms with Crippen LogP contribution < -0.4 is 0 Å². The van der Waals surface area contributed by atoms with Crippen LogP contribution in [0.25, 0.3) is 0 Å². The van der Waals surface area contributed by atoms with E-state index in [1.54, 1.807) is 6.92 Å². The fourth-order valence-corrected chi connectivity index (χ4v) is 2.65. The van der Waals surface area contributed by atoms with Crippen LogP contribution in [-0.4, -0.2) is 16.7 Å². The van der Waals surface area contributed by atoms with Crippen molar-refractivity contribution in [1.29, 1.82) is 0 Å². The standard InChI is InChI=1S/C12H11Br2NO2/c1-7-5-10(16)15(12(7)17)6-8-3-2-4-9(13)11(8)14/h2-4,7H,5-6H2,1H3. The predicted octanol–water partition coefficient (Wildman–Crippen LogP) is 3.11. The van der Waals surface area contributed by atoms with Gasteiger partial charge in [0.2, 0.25) is 11.8 Å². The van der Waals surface area contributed by atoms with Crippen molar-refractivity contribution in [2.45, 2.75) is 19.9 Å². The summed E-state index contributed by atoms with van der Waals surface area (Å²) in [5.41, 5.74) is 0.926. The smallest absolute Gasteiger partial charge is 0.232 e. The van der Waals surface area contributed by atoms with Crippen molar-refractivity contribution in [2.24, 2.45) is 5.92 Å². The van der Waals surface area contributed by atoms with Gasteiger partial charge >= 0.3 is 0 Å². The normalized spacial score (nSPS) is 20.2. The second-order valence-electron chi connectivity index (χ2n) is 4.14. The first-order valence-corrected chi connectivity index (χ1v) is 6.86. The Hall–Kier alpha value is -0.680. The molecule has 3 nitrogen and oxygen atoms in total. The third-order valence-corrected chi connectivity index (χ3v) is 4.96. The van der Waals surface area contributed by atoms with Gasteiger partial charge in [-0.05, 0) is 43.5 Å². The Labute approximate surface area is 116 Å². The molecule has 0 N–H and O–H groups in total. The molecule has 1 atom stereocenters. The highest BCUT2D eigenvalue weighted by molar-refractivity contribution is 9.13. The minimum absolute atomic E-state index is 0.0816. The van der Waals surface area contributed by atoms with E-state index in [4.69, 9.17) is 0 Å². The number of carbonyl (C=O) groups excluding carboxylic acids is 2. The molecule has 0 bridgehead atoms. The number of benzene rings is 1. The van der Waals surface area contributed by atoms with Gasteiger partial charge < -0.3 is 0 Å². The van der Waals surface area contributed by atoms with Crippen LogP contribution in [0.2, 0.25) is 0 Å². The largest absolute Gasteiger partial charge is 0.278 e. The third-order valence-electron chi connectivity index (χ3n) is 2.83. The molecule has 90 valence electrons. The summed E-state index contributed by atoms with van der Waals surface area (Å²) in [5, 5.41) is 0. The Morgan fingerprint density at radius 1 is 1.35 bits per heavy atom. The first-order chi connectivity index (χ1) is 8.00. The molecule has 5 heteroatoms. The molecule has 0 aliphatic carbocycles. The molecule has 0 radical (unpaired) electrons. The van der Waals surface area contributed by atoms with Gasteiger partial charge in [0, 0.05) is 21.3 Å². The van der Waals surface area contributed by atoms with Crippen molar-refractivity contribution in [1.82, 2.24) is 4.90 Å². The number of imide groups is 1. The molecule has 1 saturated heterocycles. The maximum atomic E-state index is 11.8. The molecule has 1 aromatic carbocycles. The highest BCUT2D eigenvalue weighted by Gasteiger charge is 2.35. The molecule has 1 aliphatic rings. The minimum Gasteiger partial charge on any atom is -0.278 e. The summed E-state index contributed by atoms with van der Waals surface area (Å²) in [7, 11) is 0. The van der Waals surface area contributed by atoms with Gasteiger partial charge in [-0.2, -0.15) is 0 Å². The van der Waals surface area contributed by atoms with E-state index in [0.29, 0.717) is 13.0 Å². The topological polar surface area (TPSA) is 37.4 Å². The van der Waals surface area contributed by atoms with Crippen LogP contribution in [0.4, 0.5) is 0 Å². The summed E-state index contributed by atoms with van der Waals surface area (Å²) < 4.78 is 1.81. The van der Waals surface area contributed by atoms with Crippen molar-refractivity contribution in [2.75, 3.05) is 0 Å². The maximum absolute atomic E-state index is 11.8. The monoisotopic (exact) mass is 359 g/mol. The Kier molecular flexibility index (Phi) is 3.68. The first kappa shape index (κ1) is 12.8. The molecule has 0 saturated carbocycles. The van der Waals surface area contributed by atoms with Crippen molar-refractivity contribution in [3.05, 3.63) is 32.7 Å². The quantitative estimate of drug-likeness (QED) is 0.760. The lowest BCUT2D eigenvalue weighted by atomic mass is 10.1. The number of likely N-dealkylation sites (tertiary alicyclic amines) is 1. The number of halogens is 2. The number of rotatable bonds is 2. The van der Waals surface area contributed by atoms with Crippen molar-refractivity contribution >= 4 is 43.7 Å². The van der Waals surface area contributed by atoms with E-state index in [1.807, 2.05) is 18.2 Å². The third kappa shape index (κ3) is 2.45. The van der Waals surface area contributed by atoms with Gasteiger partial charge in [0.05, 0.1) is 6.54 Å². The first-order valence-electron chi connectivity index (χ1n) is 5.28. The lowest BCUT2D eigenvalue weighted by molar-refractivity contribution is -0.139. The van der Waals surface area contributed by atoms with E-state index in [0.717, 1.165) is 14.5 Å². The van der Waals surface area contributed by atoms with Crippen molar-refractivity contribution in [3.63, 3.8) is 0 Å². The van der Waals surface area contributed by atoms with E-state index in [1.165, 1.54) is 4.90 Å². The Morgan fingerprint density at radius 2 is 2.06 bits per heavy atom. The summed E-state index contributed by atoms with van der Waals surface area (Å²) in [6.45, 7) is 2.12. The summed E-state index contributed by atoms with van der Waals surface area (Å²) in [5.74, 6) is -0.357. The van der Waals surface area contributed by atoms with Gasteiger partial charge in [-0.1, -0.05) is 19.1 Å². The average Bonchev–Trinajstić information content (AvgIpc) is 2.51. The average molecular weight is 361 g/mol. The van der Waals surface area contributed by atoms with Crippen LogP contribution in [0.5, 0.6) is 0 Å². The van der Waals surface area contributed by atoms with E-state index < -0.39 is 0 Å². The molecule has 0 spiro atoms. The molecule has 2 rings (SSSR count). The SMILES string of the molecule is CC1CC(=O)N(Cc2cccc(Br)c2Br)C1=O. The number of hydrogen-bond acceptors (Lipinski definition) is 2. The fraction of sp³-hybridized carbons (Fsp3) is 0.333. The Balaban J connectivity index is 2.24.